The van der Waals surface area contributed by atoms with Crippen molar-refractivity contribution in [2.24, 2.45) is 5.73 Å². The van der Waals surface area contributed by atoms with E-state index in [-0.39, 0.29) is 5.91 Å². The smallest absolute Gasteiger partial charge is 0.272 e. The number of nitriles is 1. The minimum Gasteiger partial charge on any atom is -0.366 e. The molecule has 0 radical (unpaired) electrons. The number of fused-ring (bicyclic) bond motifs is 1. The molecule has 2 aromatic heterocycles. The molecule has 7 heteroatoms. The van der Waals surface area contributed by atoms with Crippen LogP contribution in [0.2, 0.25) is 0 Å². The summed E-state index contributed by atoms with van der Waals surface area (Å²) in [4.78, 5) is 29.3. The first-order chi connectivity index (χ1) is 17.5. The van der Waals surface area contributed by atoms with Crippen LogP contribution in [0.3, 0.4) is 0 Å². The van der Waals surface area contributed by atoms with E-state index in [2.05, 4.69) is 16.4 Å². The van der Waals surface area contributed by atoms with E-state index in [9.17, 15) is 14.9 Å². The van der Waals surface area contributed by atoms with Crippen LogP contribution in [0.5, 0.6) is 0 Å². The fourth-order valence-electron chi connectivity index (χ4n) is 4.12. The lowest BCUT2D eigenvalue weighted by Crippen LogP contribution is -2.17. The van der Waals surface area contributed by atoms with E-state index in [1.807, 2.05) is 59.2 Å². The lowest BCUT2D eigenvalue weighted by molar-refractivity contribution is 0.0997. The molecule has 36 heavy (non-hydrogen) atoms. The maximum atomic E-state index is 13.5. The number of nitrogens with two attached hydrogens (primary N) is 1. The Morgan fingerprint density at radius 2 is 1.78 bits per heavy atom. The van der Waals surface area contributed by atoms with Gasteiger partial charge in [-0.05, 0) is 60.2 Å². The molecule has 0 bridgehead atoms. The molecule has 0 unspecified atom stereocenters. The van der Waals surface area contributed by atoms with Crippen molar-refractivity contribution in [2.45, 2.75) is 6.54 Å². The van der Waals surface area contributed by atoms with Gasteiger partial charge >= 0.3 is 0 Å². The zero-order valence-electron chi connectivity index (χ0n) is 19.2. The molecular weight excluding hydrogens is 450 g/mol. The van der Waals surface area contributed by atoms with Crippen LogP contribution in [0.25, 0.3) is 22.2 Å². The van der Waals surface area contributed by atoms with Crippen molar-refractivity contribution in [3.05, 3.63) is 120 Å². The Kier molecular flexibility index (Phi) is 6.00. The molecule has 5 rings (SSSR count). The minimum absolute atomic E-state index is 0.281. The lowest BCUT2D eigenvalue weighted by atomic mass is 10.1. The number of amides is 2. The van der Waals surface area contributed by atoms with E-state index in [1.54, 1.807) is 42.6 Å². The van der Waals surface area contributed by atoms with Crippen LogP contribution >= 0.6 is 0 Å². The van der Waals surface area contributed by atoms with Gasteiger partial charge in [0, 0.05) is 34.9 Å². The molecule has 7 nitrogen and oxygen atoms in total. The molecule has 0 spiro atoms. The average molecular weight is 472 g/mol. The van der Waals surface area contributed by atoms with E-state index >= 15 is 0 Å². The number of nitrogens with zero attached hydrogens (tertiary/aromatic N) is 3. The lowest BCUT2D eigenvalue weighted by Gasteiger charge is -2.12. The SMILES string of the molecule is N#Cc1ccc2cc(C(=O)Nc3cccc(-c4ccccn4)c3)n(Cc3ccc(C(N)=O)cc3)c2c1. The van der Waals surface area contributed by atoms with Gasteiger partial charge in [0.2, 0.25) is 5.91 Å². The van der Waals surface area contributed by atoms with Crippen LogP contribution in [0.4, 0.5) is 5.69 Å². The molecule has 3 aromatic carbocycles. The minimum atomic E-state index is -0.500. The first-order valence-corrected chi connectivity index (χ1v) is 11.3. The van der Waals surface area contributed by atoms with Crippen LogP contribution in [0.1, 0.15) is 32.0 Å². The van der Waals surface area contributed by atoms with Gasteiger partial charge in [-0.15, -0.1) is 0 Å². The Morgan fingerprint density at radius 1 is 0.944 bits per heavy atom. The zero-order valence-corrected chi connectivity index (χ0v) is 19.2. The van der Waals surface area contributed by atoms with Gasteiger partial charge in [-0.1, -0.05) is 36.4 Å². The Balaban J connectivity index is 1.51. The third kappa shape index (κ3) is 4.56. The van der Waals surface area contributed by atoms with Crippen molar-refractivity contribution in [1.82, 2.24) is 9.55 Å². The number of nitrogens with one attached hydrogen (secondary N) is 1. The van der Waals surface area contributed by atoms with E-state index in [0.29, 0.717) is 29.1 Å². The largest absolute Gasteiger partial charge is 0.366 e. The normalized spacial score (nSPS) is 10.6. The molecule has 2 heterocycles. The van der Waals surface area contributed by atoms with E-state index in [4.69, 9.17) is 5.73 Å². The molecule has 2 amide bonds. The van der Waals surface area contributed by atoms with Crippen molar-refractivity contribution in [1.29, 1.82) is 5.26 Å². The van der Waals surface area contributed by atoms with Gasteiger partial charge in [-0.25, -0.2) is 0 Å². The number of primary amides is 1. The third-order valence-corrected chi connectivity index (χ3v) is 5.93. The van der Waals surface area contributed by atoms with Gasteiger partial charge in [0.25, 0.3) is 5.91 Å². The van der Waals surface area contributed by atoms with Gasteiger partial charge < -0.3 is 15.6 Å². The van der Waals surface area contributed by atoms with Crippen LogP contribution in [-0.2, 0) is 6.54 Å². The van der Waals surface area contributed by atoms with E-state index < -0.39 is 5.91 Å². The summed E-state index contributed by atoms with van der Waals surface area (Å²) in [5.74, 6) is -0.781. The Labute approximate surface area is 207 Å². The fraction of sp³-hybridized carbons (Fsp3) is 0.0345. The highest BCUT2D eigenvalue weighted by molar-refractivity contribution is 6.06. The molecule has 0 aliphatic heterocycles. The van der Waals surface area contributed by atoms with Gasteiger partial charge in [0.1, 0.15) is 5.69 Å². The van der Waals surface area contributed by atoms with Crippen molar-refractivity contribution in [3.63, 3.8) is 0 Å². The molecule has 0 saturated carbocycles. The molecule has 3 N–H and O–H groups in total. The monoisotopic (exact) mass is 471 g/mol. The summed E-state index contributed by atoms with van der Waals surface area (Å²) in [6.45, 7) is 0.369. The van der Waals surface area contributed by atoms with Crippen molar-refractivity contribution >= 4 is 28.4 Å². The Morgan fingerprint density at radius 3 is 2.50 bits per heavy atom. The first-order valence-electron chi connectivity index (χ1n) is 11.3. The standard InChI is InChI=1S/C29H21N5O2/c30-17-20-9-12-23-16-27(34(26(23)14-20)18-19-7-10-21(11-8-19)28(31)35)29(36)33-24-5-3-4-22(15-24)25-6-1-2-13-32-25/h1-16H,18H2,(H2,31,35)(H,33,36). The van der Waals surface area contributed by atoms with E-state index in [1.165, 1.54) is 0 Å². The third-order valence-electron chi connectivity index (χ3n) is 5.93. The predicted molar refractivity (Wildman–Crippen MR) is 138 cm³/mol. The number of aromatic nitrogens is 2. The number of anilines is 1. The second kappa shape index (κ2) is 9.57. The molecule has 0 atom stereocenters. The highest BCUT2D eigenvalue weighted by Crippen LogP contribution is 2.25. The van der Waals surface area contributed by atoms with Crippen LogP contribution < -0.4 is 11.1 Å². The number of hydrogen-bond donors (Lipinski definition) is 2. The number of carbonyl (C=O) groups is 2. The summed E-state index contributed by atoms with van der Waals surface area (Å²) < 4.78 is 1.87. The molecule has 5 aromatic rings. The van der Waals surface area contributed by atoms with Gasteiger partial charge in [-0.3, -0.25) is 14.6 Å². The fourth-order valence-corrected chi connectivity index (χ4v) is 4.12. The number of benzene rings is 3. The van der Waals surface area contributed by atoms with Crippen molar-refractivity contribution < 1.29 is 9.59 Å². The summed E-state index contributed by atoms with van der Waals surface area (Å²) in [5.41, 5.74) is 10.7. The first kappa shape index (κ1) is 22.6. The molecular formula is C29H21N5O2. The summed E-state index contributed by atoms with van der Waals surface area (Å²) in [6, 6.07) is 29.4. The summed E-state index contributed by atoms with van der Waals surface area (Å²) in [7, 11) is 0. The molecule has 0 aliphatic rings. The molecule has 0 aliphatic carbocycles. The number of hydrogen-bond acceptors (Lipinski definition) is 4. The topological polar surface area (TPSA) is 114 Å². The van der Waals surface area contributed by atoms with E-state index in [0.717, 1.165) is 27.7 Å². The quantitative estimate of drug-likeness (QED) is 0.364. The summed E-state index contributed by atoms with van der Waals surface area (Å²) in [5, 5.41) is 13.2. The molecule has 0 fully saturated rings. The summed E-state index contributed by atoms with van der Waals surface area (Å²) >= 11 is 0. The Hall–Kier alpha value is -5.22. The maximum Gasteiger partial charge on any atom is 0.272 e. The van der Waals surface area contributed by atoms with Crippen molar-refractivity contribution in [2.75, 3.05) is 5.32 Å². The molecule has 174 valence electrons. The number of pyridine rings is 1. The van der Waals surface area contributed by atoms with Crippen LogP contribution in [0.15, 0.2) is 97.2 Å². The second-order valence-corrected chi connectivity index (χ2v) is 8.31. The predicted octanol–water partition coefficient (Wildman–Crippen LogP) is 4.97. The van der Waals surface area contributed by atoms with Gasteiger partial charge in [0.05, 0.1) is 22.8 Å². The number of rotatable bonds is 6. The highest BCUT2D eigenvalue weighted by atomic mass is 16.2. The van der Waals surface area contributed by atoms with Crippen LogP contribution in [-0.4, -0.2) is 21.4 Å². The van der Waals surface area contributed by atoms with Gasteiger partial charge in [-0.2, -0.15) is 5.26 Å². The Bertz CT molecular complexity index is 1630. The molecule has 0 saturated heterocycles. The zero-order chi connectivity index (χ0) is 25.1. The second-order valence-electron chi connectivity index (χ2n) is 8.31. The van der Waals surface area contributed by atoms with Gasteiger partial charge in [0.15, 0.2) is 0 Å². The van der Waals surface area contributed by atoms with Crippen LogP contribution in [0, 0.1) is 11.3 Å². The summed E-state index contributed by atoms with van der Waals surface area (Å²) in [6.07, 6.45) is 1.73. The highest BCUT2D eigenvalue weighted by Gasteiger charge is 2.17. The number of carbonyl (C=O) groups excluding carboxylic acids is 2. The maximum absolute atomic E-state index is 13.5. The average Bonchev–Trinajstić information content (AvgIpc) is 3.27. The van der Waals surface area contributed by atoms with Crippen molar-refractivity contribution in [3.8, 4) is 17.3 Å².